The molecule has 148 valence electrons. The lowest BCUT2D eigenvalue weighted by atomic mass is 10.1. The summed E-state index contributed by atoms with van der Waals surface area (Å²) in [6, 6.07) is 6.07. The Bertz CT molecular complexity index is 676. The Morgan fingerprint density at radius 1 is 1.22 bits per heavy atom. The summed E-state index contributed by atoms with van der Waals surface area (Å²) < 4.78 is 0. The van der Waals surface area contributed by atoms with Crippen LogP contribution in [0, 0.1) is 11.8 Å². The average molecular weight is 373 g/mol. The standard InChI is InChI=1S/C21H31N3O3/c1-15(2)13-23-11-9-16(14-23)12-22-20(26)18-7-5-10-24(18)21(27)17-6-3-4-8-19(17)25/h3-4,6,8,15-16,18,25H,5,7,9-14H2,1-2H3,(H,22,26). The maximum atomic E-state index is 12.8. The van der Waals surface area contributed by atoms with Crippen LogP contribution in [-0.4, -0.2) is 65.5 Å². The van der Waals surface area contributed by atoms with Gasteiger partial charge in [-0.15, -0.1) is 0 Å². The molecule has 0 spiro atoms. The molecule has 2 N–H and O–H groups in total. The Labute approximate surface area is 161 Å². The van der Waals surface area contributed by atoms with Crippen molar-refractivity contribution < 1.29 is 14.7 Å². The fourth-order valence-corrected chi connectivity index (χ4v) is 4.22. The number of phenols is 1. The van der Waals surface area contributed by atoms with E-state index in [1.165, 1.54) is 6.07 Å². The van der Waals surface area contributed by atoms with Gasteiger partial charge < -0.3 is 20.2 Å². The minimum Gasteiger partial charge on any atom is -0.507 e. The van der Waals surface area contributed by atoms with Gasteiger partial charge in [-0.3, -0.25) is 9.59 Å². The third-order valence-electron chi connectivity index (χ3n) is 5.51. The number of benzene rings is 1. The molecule has 2 atom stereocenters. The van der Waals surface area contributed by atoms with E-state index in [4.69, 9.17) is 0 Å². The summed E-state index contributed by atoms with van der Waals surface area (Å²) in [6.45, 7) is 8.91. The molecule has 6 heteroatoms. The molecular formula is C21H31N3O3. The molecule has 2 unspecified atom stereocenters. The highest BCUT2D eigenvalue weighted by atomic mass is 16.3. The average Bonchev–Trinajstić information content (AvgIpc) is 3.28. The summed E-state index contributed by atoms with van der Waals surface area (Å²) in [4.78, 5) is 29.5. The maximum Gasteiger partial charge on any atom is 0.258 e. The van der Waals surface area contributed by atoms with E-state index >= 15 is 0 Å². The summed E-state index contributed by atoms with van der Waals surface area (Å²) in [6.07, 6.45) is 2.59. The smallest absolute Gasteiger partial charge is 0.258 e. The van der Waals surface area contributed by atoms with Gasteiger partial charge in [0.1, 0.15) is 11.8 Å². The van der Waals surface area contributed by atoms with Crippen LogP contribution >= 0.6 is 0 Å². The summed E-state index contributed by atoms with van der Waals surface area (Å²) in [5.41, 5.74) is 0.261. The van der Waals surface area contributed by atoms with Crippen molar-refractivity contribution in [2.24, 2.45) is 11.8 Å². The summed E-state index contributed by atoms with van der Waals surface area (Å²) in [7, 11) is 0. The highest BCUT2D eigenvalue weighted by Crippen LogP contribution is 2.25. The molecule has 0 radical (unpaired) electrons. The van der Waals surface area contributed by atoms with E-state index in [1.54, 1.807) is 23.1 Å². The van der Waals surface area contributed by atoms with Gasteiger partial charge >= 0.3 is 0 Å². The molecule has 3 rings (SSSR count). The first-order valence-corrected chi connectivity index (χ1v) is 10.0. The first-order valence-electron chi connectivity index (χ1n) is 10.0. The number of likely N-dealkylation sites (tertiary alicyclic amines) is 2. The topological polar surface area (TPSA) is 72.9 Å². The quantitative estimate of drug-likeness (QED) is 0.801. The largest absolute Gasteiger partial charge is 0.507 e. The molecule has 2 aliphatic rings. The Balaban J connectivity index is 1.53. The van der Waals surface area contributed by atoms with Crippen molar-refractivity contribution in [2.75, 3.05) is 32.7 Å². The van der Waals surface area contributed by atoms with E-state index in [1.807, 2.05) is 0 Å². The second-order valence-electron chi connectivity index (χ2n) is 8.23. The monoisotopic (exact) mass is 373 g/mol. The minimum atomic E-state index is -0.440. The van der Waals surface area contributed by atoms with Crippen molar-refractivity contribution in [1.82, 2.24) is 15.1 Å². The number of phenolic OH excluding ortho intramolecular Hbond substituents is 1. The lowest BCUT2D eigenvalue weighted by molar-refractivity contribution is -0.125. The minimum absolute atomic E-state index is 0.0373. The molecule has 2 heterocycles. The molecule has 1 aromatic carbocycles. The molecular weight excluding hydrogens is 342 g/mol. The Kier molecular flexibility index (Phi) is 6.37. The summed E-state index contributed by atoms with van der Waals surface area (Å²) >= 11 is 0. The van der Waals surface area contributed by atoms with Gasteiger partial charge in [-0.25, -0.2) is 0 Å². The number of nitrogens with zero attached hydrogens (tertiary/aromatic N) is 2. The van der Waals surface area contributed by atoms with Crippen molar-refractivity contribution >= 4 is 11.8 Å². The van der Waals surface area contributed by atoms with Gasteiger partial charge in [0.05, 0.1) is 5.56 Å². The molecule has 0 bridgehead atoms. The van der Waals surface area contributed by atoms with Crippen molar-refractivity contribution in [3.63, 3.8) is 0 Å². The fraction of sp³-hybridized carbons (Fsp3) is 0.619. The molecule has 27 heavy (non-hydrogen) atoms. The Morgan fingerprint density at radius 2 is 2.00 bits per heavy atom. The second kappa shape index (κ2) is 8.74. The Hall–Kier alpha value is -2.08. The van der Waals surface area contributed by atoms with E-state index in [2.05, 4.69) is 24.1 Å². The number of hydrogen-bond donors (Lipinski definition) is 2. The van der Waals surface area contributed by atoms with Crippen LogP contribution in [0.15, 0.2) is 24.3 Å². The van der Waals surface area contributed by atoms with Crippen LogP contribution in [0.4, 0.5) is 0 Å². The van der Waals surface area contributed by atoms with E-state index in [0.29, 0.717) is 31.3 Å². The number of carbonyl (C=O) groups excluding carboxylic acids is 2. The number of para-hydroxylation sites is 1. The third-order valence-corrected chi connectivity index (χ3v) is 5.51. The molecule has 6 nitrogen and oxygen atoms in total. The lowest BCUT2D eigenvalue weighted by Crippen LogP contribution is -2.47. The lowest BCUT2D eigenvalue weighted by Gasteiger charge is -2.25. The highest BCUT2D eigenvalue weighted by Gasteiger charge is 2.35. The van der Waals surface area contributed by atoms with Crippen molar-refractivity contribution in [3.05, 3.63) is 29.8 Å². The van der Waals surface area contributed by atoms with E-state index < -0.39 is 6.04 Å². The zero-order valence-electron chi connectivity index (χ0n) is 16.4. The molecule has 0 aromatic heterocycles. The van der Waals surface area contributed by atoms with Gasteiger partial charge in [0, 0.05) is 26.2 Å². The molecule has 2 aliphatic heterocycles. The molecule has 2 saturated heterocycles. The van der Waals surface area contributed by atoms with E-state index in [9.17, 15) is 14.7 Å². The normalized spacial score (nSPS) is 23.1. The van der Waals surface area contributed by atoms with Crippen LogP contribution in [0.3, 0.4) is 0 Å². The zero-order chi connectivity index (χ0) is 19.4. The SMILES string of the molecule is CC(C)CN1CCC(CNC(=O)C2CCCN2C(=O)c2ccccc2O)C1. The molecule has 2 amide bonds. The van der Waals surface area contributed by atoms with Crippen LogP contribution < -0.4 is 5.32 Å². The second-order valence-corrected chi connectivity index (χ2v) is 8.23. The number of rotatable bonds is 6. The Morgan fingerprint density at radius 3 is 2.74 bits per heavy atom. The number of carbonyl (C=O) groups is 2. The first-order chi connectivity index (χ1) is 13.0. The molecule has 2 fully saturated rings. The van der Waals surface area contributed by atoms with Crippen LogP contribution in [-0.2, 0) is 4.79 Å². The van der Waals surface area contributed by atoms with Crippen LogP contribution in [0.5, 0.6) is 5.75 Å². The highest BCUT2D eigenvalue weighted by molar-refractivity contribution is 5.99. The number of nitrogens with one attached hydrogen (secondary N) is 1. The van der Waals surface area contributed by atoms with Gasteiger partial charge in [-0.05, 0) is 49.8 Å². The van der Waals surface area contributed by atoms with Crippen LogP contribution in [0.2, 0.25) is 0 Å². The summed E-state index contributed by atoms with van der Waals surface area (Å²) in [5, 5.41) is 13.0. The van der Waals surface area contributed by atoms with Gasteiger partial charge in [0.15, 0.2) is 0 Å². The van der Waals surface area contributed by atoms with Gasteiger partial charge in [0.2, 0.25) is 5.91 Å². The number of aromatic hydroxyl groups is 1. The molecule has 0 saturated carbocycles. The number of hydrogen-bond acceptors (Lipinski definition) is 4. The van der Waals surface area contributed by atoms with Gasteiger partial charge in [0.25, 0.3) is 5.91 Å². The number of amides is 2. The van der Waals surface area contributed by atoms with E-state index in [0.717, 1.165) is 32.5 Å². The fourth-order valence-electron chi connectivity index (χ4n) is 4.22. The predicted molar refractivity (Wildman–Crippen MR) is 105 cm³/mol. The van der Waals surface area contributed by atoms with Crippen LogP contribution in [0.25, 0.3) is 0 Å². The van der Waals surface area contributed by atoms with Gasteiger partial charge in [-0.1, -0.05) is 26.0 Å². The van der Waals surface area contributed by atoms with Crippen LogP contribution in [0.1, 0.15) is 43.5 Å². The third kappa shape index (κ3) is 4.80. The van der Waals surface area contributed by atoms with Crippen molar-refractivity contribution in [3.8, 4) is 5.75 Å². The maximum absolute atomic E-state index is 12.8. The predicted octanol–water partition coefficient (Wildman–Crippen LogP) is 2.09. The zero-order valence-corrected chi connectivity index (χ0v) is 16.4. The molecule has 0 aliphatic carbocycles. The molecule has 1 aromatic rings. The van der Waals surface area contributed by atoms with E-state index in [-0.39, 0.29) is 23.1 Å². The van der Waals surface area contributed by atoms with Crippen molar-refractivity contribution in [1.29, 1.82) is 0 Å². The summed E-state index contributed by atoms with van der Waals surface area (Å²) in [5.74, 6) is 0.764. The first kappa shape index (κ1) is 19.7. The van der Waals surface area contributed by atoms with Gasteiger partial charge in [-0.2, -0.15) is 0 Å². The van der Waals surface area contributed by atoms with Crippen molar-refractivity contribution in [2.45, 2.75) is 39.2 Å².